The summed E-state index contributed by atoms with van der Waals surface area (Å²) in [6, 6.07) is 1.87. The van der Waals surface area contributed by atoms with Gasteiger partial charge in [0.15, 0.2) is 5.65 Å². The summed E-state index contributed by atoms with van der Waals surface area (Å²) < 4.78 is 3.52. The topological polar surface area (TPSA) is 88.5 Å². The summed E-state index contributed by atoms with van der Waals surface area (Å²) in [7, 11) is 0. The maximum Gasteiger partial charge on any atom is 0.259 e. The van der Waals surface area contributed by atoms with Crippen LogP contribution in [0.25, 0.3) is 5.65 Å². The lowest BCUT2D eigenvalue weighted by Gasteiger charge is -2.19. The summed E-state index contributed by atoms with van der Waals surface area (Å²) in [5.41, 5.74) is 3.63. The van der Waals surface area contributed by atoms with Gasteiger partial charge in [-0.1, -0.05) is 0 Å². The maximum atomic E-state index is 13.0. The predicted molar refractivity (Wildman–Crippen MR) is 89.9 cm³/mol. The van der Waals surface area contributed by atoms with Crippen molar-refractivity contribution in [2.75, 3.05) is 6.54 Å². The molecule has 0 saturated heterocycles. The van der Waals surface area contributed by atoms with E-state index in [0.717, 1.165) is 24.2 Å². The average molecular weight is 340 g/mol. The van der Waals surface area contributed by atoms with Crippen molar-refractivity contribution in [2.45, 2.75) is 39.5 Å². The van der Waals surface area contributed by atoms with E-state index in [1.165, 1.54) is 0 Å². The van der Waals surface area contributed by atoms with Gasteiger partial charge in [0, 0.05) is 25.5 Å². The first-order valence-electron chi connectivity index (χ1n) is 8.37. The van der Waals surface area contributed by atoms with E-state index in [-0.39, 0.29) is 5.91 Å². The molecule has 8 nitrogen and oxygen atoms in total. The molecule has 1 aliphatic rings. The molecule has 0 spiro atoms. The van der Waals surface area contributed by atoms with Crippen LogP contribution in [-0.2, 0) is 13.1 Å². The van der Waals surface area contributed by atoms with Crippen LogP contribution >= 0.6 is 0 Å². The van der Waals surface area contributed by atoms with E-state index in [9.17, 15) is 9.90 Å². The van der Waals surface area contributed by atoms with Crippen molar-refractivity contribution in [3.8, 4) is 0 Å². The first-order chi connectivity index (χ1) is 12.0. The summed E-state index contributed by atoms with van der Waals surface area (Å²) >= 11 is 0. The van der Waals surface area contributed by atoms with Gasteiger partial charge < -0.3 is 10.0 Å². The standard InChI is InChI=1S/C17H20N6O2/c1-11-7-18-16-14(8-19-23(16)9-11)17(25)21-4-3-5-22-13(10-21)6-15(20-22)12(2)24/h6-9,12,24H,3-5,10H2,1-2H3. The number of aliphatic hydroxyl groups is 1. The van der Waals surface area contributed by atoms with Crippen LogP contribution in [0.1, 0.15) is 46.8 Å². The molecule has 25 heavy (non-hydrogen) atoms. The molecule has 8 heteroatoms. The first-order valence-corrected chi connectivity index (χ1v) is 8.37. The molecule has 3 aromatic heterocycles. The molecule has 0 saturated carbocycles. The van der Waals surface area contributed by atoms with Crippen molar-refractivity contribution in [2.24, 2.45) is 0 Å². The Bertz CT molecular complexity index is 942. The molecular formula is C17H20N6O2. The first kappa shape index (κ1) is 15.8. The maximum absolute atomic E-state index is 13.0. The van der Waals surface area contributed by atoms with E-state index in [2.05, 4.69) is 15.2 Å². The molecule has 0 fully saturated rings. The van der Waals surface area contributed by atoms with Crippen LogP contribution in [-0.4, -0.2) is 46.8 Å². The van der Waals surface area contributed by atoms with Gasteiger partial charge in [0.1, 0.15) is 5.56 Å². The smallest absolute Gasteiger partial charge is 0.259 e. The van der Waals surface area contributed by atoms with Gasteiger partial charge in [0.05, 0.1) is 30.2 Å². The van der Waals surface area contributed by atoms with Gasteiger partial charge in [-0.2, -0.15) is 10.2 Å². The van der Waals surface area contributed by atoms with Gasteiger partial charge in [-0.25, -0.2) is 9.50 Å². The normalized spacial score (nSPS) is 15.9. The number of hydrogen-bond donors (Lipinski definition) is 1. The third-order valence-electron chi connectivity index (χ3n) is 4.46. The molecule has 1 amide bonds. The largest absolute Gasteiger partial charge is 0.387 e. The molecule has 0 aromatic carbocycles. The third-order valence-corrected chi connectivity index (χ3v) is 4.46. The number of carbonyl (C=O) groups excluding carboxylic acids is 1. The monoisotopic (exact) mass is 340 g/mol. The molecule has 1 aliphatic heterocycles. The highest BCUT2D eigenvalue weighted by molar-refractivity contribution is 5.99. The van der Waals surface area contributed by atoms with Crippen LogP contribution < -0.4 is 0 Å². The molecule has 1 N–H and O–H groups in total. The number of fused-ring (bicyclic) bond motifs is 2. The third kappa shape index (κ3) is 2.78. The molecule has 0 bridgehead atoms. The Balaban J connectivity index is 1.64. The Morgan fingerprint density at radius 3 is 2.96 bits per heavy atom. The second kappa shape index (κ2) is 5.96. The molecular weight excluding hydrogens is 320 g/mol. The number of carbonyl (C=O) groups is 1. The van der Waals surface area contributed by atoms with Gasteiger partial charge in [-0.3, -0.25) is 9.48 Å². The van der Waals surface area contributed by atoms with Crippen molar-refractivity contribution in [3.63, 3.8) is 0 Å². The van der Waals surface area contributed by atoms with Crippen molar-refractivity contribution in [3.05, 3.63) is 47.2 Å². The quantitative estimate of drug-likeness (QED) is 0.760. The van der Waals surface area contributed by atoms with Crippen molar-refractivity contribution in [1.82, 2.24) is 29.3 Å². The van der Waals surface area contributed by atoms with Crippen LogP contribution in [0.2, 0.25) is 0 Å². The van der Waals surface area contributed by atoms with Crippen LogP contribution in [0.4, 0.5) is 0 Å². The molecule has 0 aliphatic carbocycles. The summed E-state index contributed by atoms with van der Waals surface area (Å²) in [6.45, 7) is 5.47. The van der Waals surface area contributed by atoms with Gasteiger partial charge >= 0.3 is 0 Å². The Morgan fingerprint density at radius 2 is 2.16 bits per heavy atom. The zero-order chi connectivity index (χ0) is 17.6. The van der Waals surface area contributed by atoms with E-state index < -0.39 is 6.10 Å². The van der Waals surface area contributed by atoms with Crippen molar-refractivity contribution in [1.29, 1.82) is 0 Å². The number of hydrogen-bond acceptors (Lipinski definition) is 5. The van der Waals surface area contributed by atoms with Gasteiger partial charge in [0.25, 0.3) is 5.91 Å². The number of rotatable bonds is 2. The Morgan fingerprint density at radius 1 is 1.32 bits per heavy atom. The fraction of sp³-hybridized carbons (Fsp3) is 0.412. The highest BCUT2D eigenvalue weighted by Crippen LogP contribution is 2.20. The summed E-state index contributed by atoms with van der Waals surface area (Å²) in [5, 5.41) is 18.4. The van der Waals surface area contributed by atoms with Gasteiger partial charge in [-0.15, -0.1) is 0 Å². The van der Waals surface area contributed by atoms with Crippen molar-refractivity contribution >= 4 is 11.6 Å². The molecule has 1 atom stereocenters. The number of aryl methyl sites for hydroxylation is 2. The minimum absolute atomic E-state index is 0.0837. The molecule has 4 heterocycles. The van der Waals surface area contributed by atoms with E-state index in [1.807, 2.05) is 23.9 Å². The zero-order valence-corrected chi connectivity index (χ0v) is 14.3. The second-order valence-corrected chi connectivity index (χ2v) is 6.50. The molecule has 130 valence electrons. The lowest BCUT2D eigenvalue weighted by molar-refractivity contribution is 0.0747. The fourth-order valence-corrected chi connectivity index (χ4v) is 3.15. The summed E-state index contributed by atoms with van der Waals surface area (Å²) in [4.78, 5) is 19.2. The molecule has 3 aromatic rings. The SMILES string of the molecule is Cc1cnc2c(C(=O)N3CCCn4nc(C(C)O)cc4C3)cnn2c1. The minimum Gasteiger partial charge on any atom is -0.387 e. The van der Waals surface area contributed by atoms with E-state index in [4.69, 9.17) is 0 Å². The number of aromatic nitrogens is 5. The lowest BCUT2D eigenvalue weighted by Crippen LogP contribution is -2.30. The van der Waals surface area contributed by atoms with Crippen LogP contribution in [0.3, 0.4) is 0 Å². The highest BCUT2D eigenvalue weighted by atomic mass is 16.3. The minimum atomic E-state index is -0.615. The number of nitrogens with zero attached hydrogens (tertiary/aromatic N) is 6. The van der Waals surface area contributed by atoms with Gasteiger partial charge in [0.2, 0.25) is 0 Å². The Kier molecular flexibility index (Phi) is 3.76. The fourth-order valence-electron chi connectivity index (χ4n) is 3.15. The van der Waals surface area contributed by atoms with Crippen LogP contribution in [0, 0.1) is 6.92 Å². The molecule has 4 rings (SSSR count). The Hall–Kier alpha value is -2.74. The van der Waals surface area contributed by atoms with Crippen LogP contribution in [0.5, 0.6) is 0 Å². The van der Waals surface area contributed by atoms with E-state index in [1.54, 1.807) is 28.7 Å². The lowest BCUT2D eigenvalue weighted by atomic mass is 10.2. The summed E-state index contributed by atoms with van der Waals surface area (Å²) in [5.74, 6) is -0.0837. The van der Waals surface area contributed by atoms with Crippen LogP contribution in [0.15, 0.2) is 24.7 Å². The highest BCUT2D eigenvalue weighted by Gasteiger charge is 2.25. The predicted octanol–water partition coefficient (Wildman–Crippen LogP) is 1.33. The molecule has 1 unspecified atom stereocenters. The molecule has 0 radical (unpaired) electrons. The van der Waals surface area contributed by atoms with E-state index >= 15 is 0 Å². The average Bonchev–Trinajstić information content (AvgIpc) is 3.12. The summed E-state index contributed by atoms with van der Waals surface area (Å²) in [6.07, 6.45) is 5.36. The Labute approximate surface area is 144 Å². The number of amides is 1. The van der Waals surface area contributed by atoms with E-state index in [0.29, 0.717) is 30.0 Å². The number of aliphatic hydroxyl groups excluding tert-OH is 1. The zero-order valence-electron chi connectivity index (χ0n) is 14.3. The van der Waals surface area contributed by atoms with Gasteiger partial charge in [-0.05, 0) is 31.9 Å². The van der Waals surface area contributed by atoms with Crippen molar-refractivity contribution < 1.29 is 9.90 Å². The second-order valence-electron chi connectivity index (χ2n) is 6.50.